The lowest BCUT2D eigenvalue weighted by Crippen LogP contribution is -2.32. The van der Waals surface area contributed by atoms with Crippen LogP contribution in [0.15, 0.2) is 58.3 Å². The molecular weight excluding hydrogens is 462 g/mol. The Morgan fingerprint density at radius 1 is 0.667 bits per heavy atom. The molecule has 0 aliphatic carbocycles. The number of amides is 1. The first kappa shape index (κ1) is 23.9. The van der Waals surface area contributed by atoms with Crippen molar-refractivity contribution in [2.75, 3.05) is 31.5 Å². The highest BCUT2D eigenvalue weighted by molar-refractivity contribution is 7.89. The third-order valence-electron chi connectivity index (χ3n) is 6.11. The molecule has 0 radical (unpaired) electrons. The van der Waals surface area contributed by atoms with E-state index >= 15 is 0 Å². The van der Waals surface area contributed by atoms with Crippen molar-refractivity contribution in [3.8, 4) is 0 Å². The average molecular weight is 492 g/mol. The first-order valence-corrected chi connectivity index (χ1v) is 14.2. The molecule has 0 unspecified atom stereocenters. The molecular formula is C23H29N3O5S2. The van der Waals surface area contributed by atoms with E-state index in [2.05, 4.69) is 5.32 Å². The van der Waals surface area contributed by atoms with Crippen molar-refractivity contribution < 1.29 is 21.6 Å². The van der Waals surface area contributed by atoms with Crippen LogP contribution in [0.25, 0.3) is 0 Å². The van der Waals surface area contributed by atoms with E-state index in [0.29, 0.717) is 31.9 Å². The van der Waals surface area contributed by atoms with Crippen LogP contribution in [0.1, 0.15) is 48.9 Å². The summed E-state index contributed by atoms with van der Waals surface area (Å²) in [4.78, 5) is 13.0. The standard InChI is InChI=1S/C23H29N3O5S2/c27-23(19-10-12-21(13-11-19)32(28,29)25-16-5-6-17-25)24-20-8-7-9-22(18-20)33(30,31)26-14-3-1-2-4-15-26/h7-13,18H,1-6,14-17H2,(H,24,27). The second-order valence-electron chi connectivity index (χ2n) is 8.44. The summed E-state index contributed by atoms with van der Waals surface area (Å²) in [6.45, 7) is 2.04. The molecule has 178 valence electrons. The van der Waals surface area contributed by atoms with E-state index in [4.69, 9.17) is 0 Å². The molecule has 0 saturated carbocycles. The van der Waals surface area contributed by atoms with Crippen LogP contribution in [0, 0.1) is 0 Å². The molecule has 0 bridgehead atoms. The number of rotatable bonds is 6. The van der Waals surface area contributed by atoms with E-state index in [-0.39, 0.29) is 15.4 Å². The van der Waals surface area contributed by atoms with E-state index in [1.165, 1.54) is 45.0 Å². The Labute approximate surface area is 195 Å². The molecule has 0 atom stereocenters. The first-order chi connectivity index (χ1) is 15.8. The second-order valence-corrected chi connectivity index (χ2v) is 12.3. The Hall–Kier alpha value is -2.27. The number of carbonyl (C=O) groups is 1. The highest BCUT2D eigenvalue weighted by atomic mass is 32.2. The SMILES string of the molecule is O=C(Nc1cccc(S(=O)(=O)N2CCCCCC2)c1)c1ccc(S(=O)(=O)N2CCCC2)cc1. The van der Waals surface area contributed by atoms with Crippen molar-refractivity contribution in [1.29, 1.82) is 0 Å². The van der Waals surface area contributed by atoms with Crippen LogP contribution >= 0.6 is 0 Å². The number of benzene rings is 2. The molecule has 10 heteroatoms. The van der Waals surface area contributed by atoms with Crippen molar-refractivity contribution >= 4 is 31.6 Å². The Bertz CT molecular complexity index is 1200. The second kappa shape index (κ2) is 9.92. The quantitative estimate of drug-likeness (QED) is 0.668. The van der Waals surface area contributed by atoms with Gasteiger partial charge in [-0.05, 0) is 68.1 Å². The highest BCUT2D eigenvalue weighted by Crippen LogP contribution is 2.24. The molecule has 0 spiro atoms. The van der Waals surface area contributed by atoms with Gasteiger partial charge in [-0.1, -0.05) is 18.9 Å². The average Bonchev–Trinajstić information content (AvgIpc) is 3.22. The summed E-state index contributed by atoms with van der Waals surface area (Å²) >= 11 is 0. The normalized spacial score (nSPS) is 18.7. The maximum atomic E-state index is 13.0. The van der Waals surface area contributed by atoms with Gasteiger partial charge in [0.25, 0.3) is 5.91 Å². The van der Waals surface area contributed by atoms with Crippen LogP contribution in [0.2, 0.25) is 0 Å². The summed E-state index contributed by atoms with van der Waals surface area (Å²) in [7, 11) is -7.17. The third-order valence-corrected chi connectivity index (χ3v) is 9.92. The molecule has 1 N–H and O–H groups in total. The summed E-state index contributed by atoms with van der Waals surface area (Å²) in [5, 5.41) is 2.72. The Morgan fingerprint density at radius 3 is 1.76 bits per heavy atom. The van der Waals surface area contributed by atoms with E-state index in [0.717, 1.165) is 38.5 Å². The van der Waals surface area contributed by atoms with E-state index in [9.17, 15) is 21.6 Å². The predicted octanol–water partition coefficient (Wildman–Crippen LogP) is 3.29. The van der Waals surface area contributed by atoms with Gasteiger partial charge in [0.05, 0.1) is 9.79 Å². The maximum absolute atomic E-state index is 13.0. The summed E-state index contributed by atoms with van der Waals surface area (Å²) in [5.74, 6) is -0.440. The van der Waals surface area contributed by atoms with Crippen molar-refractivity contribution in [3.63, 3.8) is 0 Å². The van der Waals surface area contributed by atoms with Gasteiger partial charge in [0.2, 0.25) is 20.0 Å². The summed E-state index contributed by atoms with van der Waals surface area (Å²) in [6.07, 6.45) is 5.46. The summed E-state index contributed by atoms with van der Waals surface area (Å²) < 4.78 is 54.4. The Morgan fingerprint density at radius 2 is 1.18 bits per heavy atom. The molecule has 2 fully saturated rings. The van der Waals surface area contributed by atoms with Crippen LogP contribution in [0.4, 0.5) is 5.69 Å². The molecule has 2 aliphatic heterocycles. The lowest BCUT2D eigenvalue weighted by molar-refractivity contribution is 0.102. The zero-order chi connectivity index (χ0) is 23.5. The van der Waals surface area contributed by atoms with Gasteiger partial charge in [0.15, 0.2) is 0 Å². The minimum Gasteiger partial charge on any atom is -0.322 e. The van der Waals surface area contributed by atoms with Gasteiger partial charge in [-0.25, -0.2) is 16.8 Å². The number of anilines is 1. The van der Waals surface area contributed by atoms with Crippen LogP contribution in [0.5, 0.6) is 0 Å². The number of sulfonamides is 2. The molecule has 2 aromatic rings. The molecule has 2 heterocycles. The smallest absolute Gasteiger partial charge is 0.255 e. The van der Waals surface area contributed by atoms with Gasteiger partial charge in [0.1, 0.15) is 0 Å². The molecule has 4 rings (SSSR count). The molecule has 2 saturated heterocycles. The van der Waals surface area contributed by atoms with Crippen LogP contribution in [-0.2, 0) is 20.0 Å². The van der Waals surface area contributed by atoms with Crippen molar-refractivity contribution in [2.24, 2.45) is 0 Å². The zero-order valence-corrected chi connectivity index (χ0v) is 20.1. The van der Waals surface area contributed by atoms with Gasteiger partial charge in [-0.3, -0.25) is 4.79 Å². The van der Waals surface area contributed by atoms with E-state index in [1.807, 2.05) is 0 Å². The van der Waals surface area contributed by atoms with Crippen molar-refractivity contribution in [1.82, 2.24) is 8.61 Å². The first-order valence-electron chi connectivity index (χ1n) is 11.3. The molecule has 8 nitrogen and oxygen atoms in total. The lowest BCUT2D eigenvalue weighted by Gasteiger charge is -2.20. The highest BCUT2D eigenvalue weighted by Gasteiger charge is 2.28. The van der Waals surface area contributed by atoms with Crippen LogP contribution in [-0.4, -0.2) is 57.5 Å². The predicted molar refractivity (Wildman–Crippen MR) is 126 cm³/mol. The minimum atomic E-state index is -3.63. The summed E-state index contributed by atoms with van der Waals surface area (Å²) in [5.41, 5.74) is 0.654. The van der Waals surface area contributed by atoms with Crippen LogP contribution < -0.4 is 5.32 Å². The van der Waals surface area contributed by atoms with Gasteiger partial charge < -0.3 is 5.32 Å². The third kappa shape index (κ3) is 5.29. The van der Waals surface area contributed by atoms with E-state index < -0.39 is 26.0 Å². The van der Waals surface area contributed by atoms with Gasteiger partial charge in [-0.15, -0.1) is 0 Å². The fraction of sp³-hybridized carbons (Fsp3) is 0.435. The number of hydrogen-bond donors (Lipinski definition) is 1. The Kier molecular flexibility index (Phi) is 7.18. The molecule has 2 aliphatic rings. The lowest BCUT2D eigenvalue weighted by atomic mass is 10.2. The van der Waals surface area contributed by atoms with Gasteiger partial charge in [-0.2, -0.15) is 8.61 Å². The number of nitrogens with one attached hydrogen (secondary N) is 1. The topological polar surface area (TPSA) is 104 Å². The fourth-order valence-corrected chi connectivity index (χ4v) is 7.31. The number of carbonyl (C=O) groups excluding carboxylic acids is 1. The van der Waals surface area contributed by atoms with Gasteiger partial charge in [0, 0.05) is 37.4 Å². The molecule has 33 heavy (non-hydrogen) atoms. The Balaban J connectivity index is 1.47. The fourth-order valence-electron chi connectivity index (χ4n) is 4.22. The summed E-state index contributed by atoms with van der Waals surface area (Å²) in [6, 6.07) is 12.0. The molecule has 1 amide bonds. The molecule has 0 aromatic heterocycles. The zero-order valence-electron chi connectivity index (χ0n) is 18.4. The van der Waals surface area contributed by atoms with Crippen LogP contribution in [0.3, 0.4) is 0 Å². The number of nitrogens with zero attached hydrogens (tertiary/aromatic N) is 2. The van der Waals surface area contributed by atoms with E-state index in [1.54, 1.807) is 12.1 Å². The molecule has 2 aromatic carbocycles. The van der Waals surface area contributed by atoms with Gasteiger partial charge >= 0.3 is 0 Å². The van der Waals surface area contributed by atoms with Crippen molar-refractivity contribution in [3.05, 3.63) is 54.1 Å². The minimum absolute atomic E-state index is 0.147. The largest absolute Gasteiger partial charge is 0.322 e. The van der Waals surface area contributed by atoms with Crippen molar-refractivity contribution in [2.45, 2.75) is 48.3 Å². The monoisotopic (exact) mass is 491 g/mol. The number of hydrogen-bond acceptors (Lipinski definition) is 5. The maximum Gasteiger partial charge on any atom is 0.255 e.